The Bertz CT molecular complexity index is 3660. The summed E-state index contributed by atoms with van der Waals surface area (Å²) in [6.07, 6.45) is 3.66. The molecule has 0 aliphatic rings. The molecular weight excluding hydrogens is 733 g/mol. The molecule has 278 valence electrons. The summed E-state index contributed by atoms with van der Waals surface area (Å²) in [6, 6.07) is 63.2. The highest BCUT2D eigenvalue weighted by Gasteiger charge is 2.13. The van der Waals surface area contributed by atoms with Crippen LogP contribution in [0.25, 0.3) is 122 Å². The fourth-order valence-electron chi connectivity index (χ4n) is 8.41. The quantitative estimate of drug-likeness (QED) is 0.162. The number of hydrogen-bond acceptors (Lipinski definition) is 6. The maximum atomic E-state index is 5.15. The van der Waals surface area contributed by atoms with Crippen LogP contribution in [0.15, 0.2) is 194 Å². The van der Waals surface area contributed by atoms with Gasteiger partial charge in [-0.1, -0.05) is 121 Å². The van der Waals surface area contributed by atoms with Crippen molar-refractivity contribution in [3.8, 4) is 56.2 Å². The SMILES string of the molecule is c1ccc(-c2ccc3ccc4ccc(-c5ccc(-c6ccc7cc(-c8ccc9nc(-c%10ccnc%11c%10ccc%10cccnc%10%11)ccc9c8)ccc7n6)cc5)nc4c3n2)cc1. The van der Waals surface area contributed by atoms with Gasteiger partial charge >= 0.3 is 0 Å². The Morgan fingerprint density at radius 3 is 1.40 bits per heavy atom. The normalized spacial score (nSPS) is 11.7. The molecule has 12 aromatic rings. The summed E-state index contributed by atoms with van der Waals surface area (Å²) < 4.78 is 0. The Hall–Kier alpha value is -8.22. The van der Waals surface area contributed by atoms with Crippen molar-refractivity contribution in [2.24, 2.45) is 0 Å². The van der Waals surface area contributed by atoms with E-state index in [1.54, 1.807) is 0 Å². The largest absolute Gasteiger partial charge is 0.254 e. The average Bonchev–Trinajstić information content (AvgIpc) is 3.33. The molecule has 0 aliphatic heterocycles. The highest BCUT2D eigenvalue weighted by atomic mass is 14.8. The van der Waals surface area contributed by atoms with E-state index in [-0.39, 0.29) is 0 Å². The van der Waals surface area contributed by atoms with Crippen molar-refractivity contribution in [3.05, 3.63) is 194 Å². The van der Waals surface area contributed by atoms with E-state index in [1.165, 1.54) is 0 Å². The van der Waals surface area contributed by atoms with Gasteiger partial charge in [-0.3, -0.25) is 9.97 Å². The molecule has 0 amide bonds. The second-order valence-electron chi connectivity index (χ2n) is 15.1. The van der Waals surface area contributed by atoms with Crippen LogP contribution in [-0.2, 0) is 0 Å². The highest BCUT2D eigenvalue weighted by Crippen LogP contribution is 2.34. The Morgan fingerprint density at radius 1 is 0.267 bits per heavy atom. The molecule has 12 rings (SSSR count). The fourth-order valence-corrected chi connectivity index (χ4v) is 8.41. The summed E-state index contributed by atoms with van der Waals surface area (Å²) in [7, 11) is 0. The molecule has 6 heterocycles. The van der Waals surface area contributed by atoms with Gasteiger partial charge in [0.2, 0.25) is 0 Å². The van der Waals surface area contributed by atoms with Crippen molar-refractivity contribution in [3.63, 3.8) is 0 Å². The van der Waals surface area contributed by atoms with Gasteiger partial charge < -0.3 is 0 Å². The van der Waals surface area contributed by atoms with Gasteiger partial charge in [0.1, 0.15) is 0 Å². The van der Waals surface area contributed by atoms with Gasteiger partial charge in [-0.15, -0.1) is 0 Å². The molecule has 0 fully saturated rings. The van der Waals surface area contributed by atoms with Gasteiger partial charge in [0.15, 0.2) is 0 Å². The number of rotatable bonds is 5. The second-order valence-corrected chi connectivity index (χ2v) is 15.1. The highest BCUT2D eigenvalue weighted by molar-refractivity contribution is 6.08. The van der Waals surface area contributed by atoms with Crippen molar-refractivity contribution in [1.82, 2.24) is 29.9 Å². The molecule has 0 radical (unpaired) electrons. The summed E-state index contributed by atoms with van der Waals surface area (Å²) >= 11 is 0. The van der Waals surface area contributed by atoms with Gasteiger partial charge in [-0.05, 0) is 71.8 Å². The second kappa shape index (κ2) is 13.7. The first-order chi connectivity index (χ1) is 29.7. The summed E-state index contributed by atoms with van der Waals surface area (Å²) in [5.74, 6) is 0. The van der Waals surface area contributed by atoms with E-state index in [1.807, 2.05) is 42.7 Å². The van der Waals surface area contributed by atoms with E-state index in [2.05, 4.69) is 162 Å². The molecule has 0 N–H and O–H groups in total. The standard InChI is InChI=1S/C54H32N6/c1-2-5-33(6-3-1)46-22-15-37-12-13-38-16-23-47(60-53(38)52(37)59-46)35-10-8-34(9-11-35)45-26-19-41-31-39(17-24-48(41)57-45)40-18-25-49-42(32-40)20-27-50(58-49)43-28-30-56-54-44(43)21-14-36-7-4-29-55-51(36)54/h1-32H. The molecule has 0 spiro atoms. The first kappa shape index (κ1) is 33.9. The zero-order valence-corrected chi connectivity index (χ0v) is 32.2. The third-order valence-corrected chi connectivity index (χ3v) is 11.5. The van der Waals surface area contributed by atoms with Crippen molar-refractivity contribution in [1.29, 1.82) is 0 Å². The van der Waals surface area contributed by atoms with Crippen LogP contribution in [0.2, 0.25) is 0 Å². The molecular formula is C54H32N6. The van der Waals surface area contributed by atoms with Crippen LogP contribution in [0.5, 0.6) is 0 Å². The molecule has 6 aromatic heterocycles. The smallest absolute Gasteiger partial charge is 0.0972 e. The number of nitrogens with zero attached hydrogens (tertiary/aromatic N) is 6. The molecule has 6 aromatic carbocycles. The van der Waals surface area contributed by atoms with E-state index in [0.29, 0.717) is 0 Å². The lowest BCUT2D eigenvalue weighted by Gasteiger charge is -2.10. The summed E-state index contributed by atoms with van der Waals surface area (Å²) in [4.78, 5) is 29.7. The van der Waals surface area contributed by atoms with Crippen LogP contribution in [-0.4, -0.2) is 29.9 Å². The zero-order valence-electron chi connectivity index (χ0n) is 32.2. The molecule has 60 heavy (non-hydrogen) atoms. The molecule has 0 saturated carbocycles. The minimum Gasteiger partial charge on any atom is -0.254 e. The number of fused-ring (bicyclic) bond motifs is 8. The van der Waals surface area contributed by atoms with Crippen molar-refractivity contribution in [2.45, 2.75) is 0 Å². The average molecular weight is 765 g/mol. The van der Waals surface area contributed by atoms with E-state index in [4.69, 9.17) is 19.9 Å². The summed E-state index contributed by atoms with van der Waals surface area (Å²) in [5.41, 5.74) is 15.7. The minimum atomic E-state index is 0.888. The number of hydrogen-bond donors (Lipinski definition) is 0. The molecule has 0 unspecified atom stereocenters. The van der Waals surface area contributed by atoms with Crippen LogP contribution >= 0.6 is 0 Å². The van der Waals surface area contributed by atoms with E-state index >= 15 is 0 Å². The van der Waals surface area contributed by atoms with E-state index in [9.17, 15) is 0 Å². The lowest BCUT2D eigenvalue weighted by atomic mass is 9.99. The molecule has 6 nitrogen and oxygen atoms in total. The minimum absolute atomic E-state index is 0.888. The van der Waals surface area contributed by atoms with E-state index in [0.717, 1.165) is 122 Å². The molecule has 6 heteroatoms. The van der Waals surface area contributed by atoms with Gasteiger partial charge in [0.05, 0.1) is 55.9 Å². The van der Waals surface area contributed by atoms with Gasteiger partial charge in [-0.25, -0.2) is 19.9 Å². The van der Waals surface area contributed by atoms with Crippen LogP contribution < -0.4 is 0 Å². The third-order valence-electron chi connectivity index (χ3n) is 11.5. The van der Waals surface area contributed by atoms with Crippen molar-refractivity contribution < 1.29 is 0 Å². The number of aromatic nitrogens is 6. The van der Waals surface area contributed by atoms with Crippen LogP contribution in [0.3, 0.4) is 0 Å². The Labute approximate surface area is 344 Å². The van der Waals surface area contributed by atoms with Gasteiger partial charge in [0.25, 0.3) is 0 Å². The molecule has 0 aliphatic carbocycles. The Morgan fingerprint density at radius 2 is 0.750 bits per heavy atom. The lowest BCUT2D eigenvalue weighted by Crippen LogP contribution is -1.91. The monoisotopic (exact) mass is 764 g/mol. The topological polar surface area (TPSA) is 77.3 Å². The summed E-state index contributed by atoms with van der Waals surface area (Å²) in [6.45, 7) is 0. The van der Waals surface area contributed by atoms with Crippen LogP contribution in [0.4, 0.5) is 0 Å². The molecule has 0 bridgehead atoms. The summed E-state index contributed by atoms with van der Waals surface area (Å²) in [5, 5.41) is 6.43. The molecule has 0 atom stereocenters. The first-order valence-corrected chi connectivity index (χ1v) is 20.0. The van der Waals surface area contributed by atoms with Crippen molar-refractivity contribution >= 4 is 65.4 Å². The Balaban J connectivity index is 0.814. The van der Waals surface area contributed by atoms with E-state index < -0.39 is 0 Å². The maximum absolute atomic E-state index is 5.15. The van der Waals surface area contributed by atoms with Crippen molar-refractivity contribution in [2.75, 3.05) is 0 Å². The number of pyridine rings is 6. The first-order valence-electron chi connectivity index (χ1n) is 20.0. The van der Waals surface area contributed by atoms with Crippen LogP contribution in [0, 0.1) is 0 Å². The van der Waals surface area contributed by atoms with Gasteiger partial charge in [-0.2, -0.15) is 0 Å². The number of benzene rings is 6. The van der Waals surface area contributed by atoms with Crippen LogP contribution in [0.1, 0.15) is 0 Å². The van der Waals surface area contributed by atoms with Gasteiger partial charge in [0, 0.05) is 67.0 Å². The maximum Gasteiger partial charge on any atom is 0.0972 e. The lowest BCUT2D eigenvalue weighted by molar-refractivity contribution is 1.36. The predicted octanol–water partition coefficient (Wildman–Crippen LogP) is 13.3. The zero-order chi connectivity index (χ0) is 39.6. The predicted molar refractivity (Wildman–Crippen MR) is 245 cm³/mol. The fraction of sp³-hybridized carbons (Fsp3) is 0. The molecule has 0 saturated heterocycles. The third kappa shape index (κ3) is 5.81. The Kier molecular flexibility index (Phi) is 7.74.